The molecule has 2 N–H and O–H groups in total. The van der Waals surface area contributed by atoms with E-state index in [1.165, 1.54) is 19.3 Å². The van der Waals surface area contributed by atoms with Gasteiger partial charge in [0.05, 0.1) is 5.69 Å². The van der Waals surface area contributed by atoms with Gasteiger partial charge in [0.1, 0.15) is 5.56 Å². The van der Waals surface area contributed by atoms with Gasteiger partial charge in [-0.3, -0.25) is 9.59 Å². The lowest BCUT2D eigenvalue weighted by atomic mass is 9.89. The normalized spacial score (nSPS) is 15.3. The Bertz CT molecular complexity index is 719. The molecule has 0 radical (unpaired) electrons. The second kappa shape index (κ2) is 7.22. The van der Waals surface area contributed by atoms with Crippen molar-refractivity contribution in [2.45, 2.75) is 32.1 Å². The van der Waals surface area contributed by atoms with Crippen molar-refractivity contribution in [1.82, 2.24) is 15.5 Å². The van der Waals surface area contributed by atoms with Crippen LogP contribution in [0.1, 0.15) is 42.5 Å². The molecule has 120 valence electrons. The molecule has 5 heteroatoms. The predicted molar refractivity (Wildman–Crippen MR) is 89.2 cm³/mol. The standard InChI is InChI=1S/C18H21N3O2/c22-17(19-12-13-7-3-1-4-8-13)15-11-16(20-21-18(15)23)14-9-5-2-6-10-14/h2,5-6,9-11,13H,1,3-4,7-8,12H2,(H,19,22)(H,21,23). The van der Waals surface area contributed by atoms with Gasteiger partial charge in [-0.1, -0.05) is 49.6 Å². The SMILES string of the molecule is O=C(NCC1CCCCC1)c1cc(-c2ccccc2)n[nH]c1=O. The first-order chi connectivity index (χ1) is 11.2. The largest absolute Gasteiger partial charge is 0.352 e. The van der Waals surface area contributed by atoms with Crippen LogP contribution < -0.4 is 10.9 Å². The van der Waals surface area contributed by atoms with E-state index in [4.69, 9.17) is 0 Å². The Balaban J connectivity index is 1.73. The highest BCUT2D eigenvalue weighted by Gasteiger charge is 2.17. The van der Waals surface area contributed by atoms with Gasteiger partial charge in [0.15, 0.2) is 0 Å². The van der Waals surface area contributed by atoms with Crippen molar-refractivity contribution in [2.24, 2.45) is 5.92 Å². The lowest BCUT2D eigenvalue weighted by molar-refractivity contribution is 0.0942. The van der Waals surface area contributed by atoms with Crippen LogP contribution in [0.5, 0.6) is 0 Å². The highest BCUT2D eigenvalue weighted by atomic mass is 16.2. The van der Waals surface area contributed by atoms with E-state index in [0.717, 1.165) is 18.4 Å². The van der Waals surface area contributed by atoms with Crippen molar-refractivity contribution < 1.29 is 4.79 Å². The van der Waals surface area contributed by atoms with Gasteiger partial charge < -0.3 is 5.32 Å². The van der Waals surface area contributed by atoms with Crippen molar-refractivity contribution in [1.29, 1.82) is 0 Å². The minimum absolute atomic E-state index is 0.120. The molecule has 2 aromatic rings. The van der Waals surface area contributed by atoms with Crippen LogP contribution in [0, 0.1) is 5.92 Å². The molecule has 1 saturated carbocycles. The van der Waals surface area contributed by atoms with Crippen LogP contribution in [0.15, 0.2) is 41.2 Å². The maximum Gasteiger partial charge on any atom is 0.277 e. The average Bonchev–Trinajstić information content (AvgIpc) is 2.62. The van der Waals surface area contributed by atoms with Crippen LogP contribution >= 0.6 is 0 Å². The van der Waals surface area contributed by atoms with Crippen LogP contribution in [0.4, 0.5) is 0 Å². The summed E-state index contributed by atoms with van der Waals surface area (Å²) in [5.74, 6) is 0.207. The molecule has 1 aromatic heterocycles. The van der Waals surface area contributed by atoms with Gasteiger partial charge >= 0.3 is 0 Å². The summed E-state index contributed by atoms with van der Waals surface area (Å²) < 4.78 is 0. The Morgan fingerprint density at radius 2 is 1.91 bits per heavy atom. The summed E-state index contributed by atoms with van der Waals surface area (Å²) in [4.78, 5) is 24.2. The van der Waals surface area contributed by atoms with Gasteiger partial charge in [-0.15, -0.1) is 0 Å². The number of carbonyl (C=O) groups excluding carboxylic acids is 1. The van der Waals surface area contributed by atoms with E-state index < -0.39 is 5.56 Å². The first kappa shape index (κ1) is 15.5. The Morgan fingerprint density at radius 3 is 2.65 bits per heavy atom. The zero-order valence-electron chi connectivity index (χ0n) is 13.0. The number of aromatic nitrogens is 2. The molecule has 23 heavy (non-hydrogen) atoms. The topological polar surface area (TPSA) is 74.8 Å². The molecule has 1 aliphatic rings. The summed E-state index contributed by atoms with van der Waals surface area (Å²) >= 11 is 0. The monoisotopic (exact) mass is 311 g/mol. The summed E-state index contributed by atoms with van der Waals surface area (Å²) in [7, 11) is 0. The van der Waals surface area contributed by atoms with Crippen LogP contribution in [-0.2, 0) is 0 Å². The third-order valence-corrected chi connectivity index (χ3v) is 4.39. The number of amides is 1. The van der Waals surface area contributed by atoms with Crippen molar-refractivity contribution in [2.75, 3.05) is 6.54 Å². The van der Waals surface area contributed by atoms with Gasteiger partial charge in [-0.05, 0) is 24.8 Å². The van der Waals surface area contributed by atoms with Crippen molar-refractivity contribution >= 4 is 5.91 Å². The van der Waals surface area contributed by atoms with Gasteiger partial charge in [0, 0.05) is 12.1 Å². The van der Waals surface area contributed by atoms with Gasteiger partial charge in [0.25, 0.3) is 11.5 Å². The maximum atomic E-state index is 12.3. The number of hydrogen-bond acceptors (Lipinski definition) is 3. The zero-order valence-corrected chi connectivity index (χ0v) is 13.0. The molecule has 1 aromatic carbocycles. The number of nitrogens with zero attached hydrogens (tertiary/aromatic N) is 1. The first-order valence-corrected chi connectivity index (χ1v) is 8.17. The average molecular weight is 311 g/mol. The Kier molecular flexibility index (Phi) is 4.86. The molecule has 1 amide bonds. The second-order valence-corrected chi connectivity index (χ2v) is 6.08. The number of carbonyl (C=O) groups is 1. The molecule has 1 fully saturated rings. The predicted octanol–water partition coefficient (Wildman–Crippen LogP) is 2.75. The lowest BCUT2D eigenvalue weighted by Gasteiger charge is -2.21. The van der Waals surface area contributed by atoms with E-state index in [2.05, 4.69) is 15.5 Å². The molecule has 1 aliphatic carbocycles. The minimum Gasteiger partial charge on any atom is -0.352 e. The summed E-state index contributed by atoms with van der Waals surface area (Å²) in [6.45, 7) is 0.640. The number of hydrogen-bond donors (Lipinski definition) is 2. The van der Waals surface area contributed by atoms with Crippen LogP contribution in [0.3, 0.4) is 0 Å². The van der Waals surface area contributed by atoms with Gasteiger partial charge in [-0.2, -0.15) is 5.10 Å². The molecular weight excluding hydrogens is 290 g/mol. The number of aromatic amines is 1. The summed E-state index contributed by atoms with van der Waals surface area (Å²) in [6, 6.07) is 11.0. The second-order valence-electron chi connectivity index (χ2n) is 6.08. The zero-order chi connectivity index (χ0) is 16.1. The van der Waals surface area contributed by atoms with E-state index >= 15 is 0 Å². The molecule has 3 rings (SSSR count). The fourth-order valence-corrected chi connectivity index (χ4v) is 3.05. The van der Waals surface area contributed by atoms with E-state index in [-0.39, 0.29) is 11.5 Å². The fourth-order valence-electron chi connectivity index (χ4n) is 3.05. The Labute approximate surface area is 135 Å². The van der Waals surface area contributed by atoms with E-state index in [9.17, 15) is 9.59 Å². The highest BCUT2D eigenvalue weighted by molar-refractivity contribution is 5.94. The first-order valence-electron chi connectivity index (χ1n) is 8.17. The van der Waals surface area contributed by atoms with Crippen LogP contribution in [0.25, 0.3) is 11.3 Å². The van der Waals surface area contributed by atoms with E-state index in [1.54, 1.807) is 6.07 Å². The molecule has 0 spiro atoms. The van der Waals surface area contributed by atoms with Crippen molar-refractivity contribution in [3.05, 3.63) is 52.3 Å². The van der Waals surface area contributed by atoms with Gasteiger partial charge in [-0.25, -0.2) is 5.10 Å². The lowest BCUT2D eigenvalue weighted by Crippen LogP contribution is -2.34. The molecule has 0 bridgehead atoms. The molecule has 0 saturated heterocycles. The Morgan fingerprint density at radius 1 is 1.17 bits per heavy atom. The fraction of sp³-hybridized carbons (Fsp3) is 0.389. The minimum atomic E-state index is -0.453. The maximum absolute atomic E-state index is 12.3. The summed E-state index contributed by atoms with van der Waals surface area (Å²) in [5, 5.41) is 9.34. The van der Waals surface area contributed by atoms with Crippen molar-refractivity contribution in [3.63, 3.8) is 0 Å². The molecule has 5 nitrogen and oxygen atoms in total. The smallest absolute Gasteiger partial charge is 0.277 e. The van der Waals surface area contributed by atoms with E-state index in [1.807, 2.05) is 30.3 Å². The van der Waals surface area contributed by atoms with Crippen LogP contribution in [0.2, 0.25) is 0 Å². The van der Waals surface area contributed by atoms with Crippen molar-refractivity contribution in [3.8, 4) is 11.3 Å². The number of H-pyrrole nitrogens is 1. The molecule has 0 atom stereocenters. The third kappa shape index (κ3) is 3.86. The van der Waals surface area contributed by atoms with Gasteiger partial charge in [0.2, 0.25) is 0 Å². The molecule has 1 heterocycles. The molecule has 0 unspecified atom stereocenters. The molecule has 0 aliphatic heterocycles. The Hall–Kier alpha value is -2.43. The number of benzene rings is 1. The third-order valence-electron chi connectivity index (χ3n) is 4.39. The summed E-state index contributed by atoms with van der Waals surface area (Å²) in [6.07, 6.45) is 6.06. The molecular formula is C18H21N3O2. The quantitative estimate of drug-likeness (QED) is 0.911. The number of nitrogens with one attached hydrogen (secondary N) is 2. The highest BCUT2D eigenvalue weighted by Crippen LogP contribution is 2.22. The summed E-state index contributed by atoms with van der Waals surface area (Å²) in [5.41, 5.74) is 1.12. The van der Waals surface area contributed by atoms with E-state index in [0.29, 0.717) is 18.2 Å². The number of rotatable bonds is 4. The van der Waals surface area contributed by atoms with Crippen LogP contribution in [-0.4, -0.2) is 22.6 Å².